The van der Waals surface area contributed by atoms with Gasteiger partial charge in [-0.25, -0.2) is 0 Å². The Morgan fingerprint density at radius 1 is 1.15 bits per heavy atom. The maximum Gasteiger partial charge on any atom is 0.119 e. The van der Waals surface area contributed by atoms with Gasteiger partial charge in [0, 0.05) is 12.1 Å². The molecule has 1 aromatic rings. The molecule has 0 saturated heterocycles. The summed E-state index contributed by atoms with van der Waals surface area (Å²) < 4.78 is 0. The molecule has 0 heterocycles. The predicted octanol–water partition coefficient (Wildman–Crippen LogP) is 1.51. The number of phenols is 2. The average molecular weight is 179 g/mol. The Balaban J connectivity index is 2.27. The first kappa shape index (κ1) is 8.38. The molecule has 0 aliphatic heterocycles. The van der Waals surface area contributed by atoms with Crippen LogP contribution < -0.4 is 5.73 Å². The van der Waals surface area contributed by atoms with Gasteiger partial charge < -0.3 is 15.9 Å². The Bertz CT molecular complexity index is 300. The van der Waals surface area contributed by atoms with E-state index in [1.807, 2.05) is 0 Å². The van der Waals surface area contributed by atoms with Crippen LogP contribution in [0.5, 0.6) is 11.5 Å². The van der Waals surface area contributed by atoms with Crippen molar-refractivity contribution in [3.8, 4) is 11.5 Å². The Morgan fingerprint density at radius 2 is 1.69 bits per heavy atom. The van der Waals surface area contributed by atoms with Crippen LogP contribution in [-0.2, 0) is 0 Å². The molecule has 3 heteroatoms. The summed E-state index contributed by atoms with van der Waals surface area (Å²) in [6.45, 7) is 0. The smallest absolute Gasteiger partial charge is 0.119 e. The molecule has 3 nitrogen and oxygen atoms in total. The van der Waals surface area contributed by atoms with Gasteiger partial charge in [-0.3, -0.25) is 0 Å². The highest BCUT2D eigenvalue weighted by Crippen LogP contribution is 2.40. The fraction of sp³-hybridized carbons (Fsp3) is 0.400. The van der Waals surface area contributed by atoms with Crippen molar-refractivity contribution in [3.63, 3.8) is 0 Å². The zero-order valence-corrected chi connectivity index (χ0v) is 7.27. The fourth-order valence-electron chi connectivity index (χ4n) is 1.54. The minimum atomic E-state index is -0.0435. The molecule has 0 radical (unpaired) electrons. The topological polar surface area (TPSA) is 66.5 Å². The summed E-state index contributed by atoms with van der Waals surface area (Å²) in [7, 11) is 0. The molecular formula is C10H13NO2. The summed E-state index contributed by atoms with van der Waals surface area (Å²) in [5, 5.41) is 18.5. The molecule has 0 unspecified atom stereocenters. The zero-order valence-electron chi connectivity index (χ0n) is 7.27. The van der Waals surface area contributed by atoms with E-state index >= 15 is 0 Å². The summed E-state index contributed by atoms with van der Waals surface area (Å²) in [6.07, 6.45) is 2.30. The van der Waals surface area contributed by atoms with E-state index < -0.39 is 0 Å². The van der Waals surface area contributed by atoms with E-state index in [0.717, 1.165) is 18.4 Å². The van der Waals surface area contributed by atoms with Crippen molar-refractivity contribution in [3.05, 3.63) is 23.8 Å². The lowest BCUT2D eigenvalue weighted by atomic mass is 10.0. The highest BCUT2D eigenvalue weighted by molar-refractivity contribution is 5.38. The van der Waals surface area contributed by atoms with Crippen LogP contribution in [0.15, 0.2) is 18.2 Å². The predicted molar refractivity (Wildman–Crippen MR) is 49.4 cm³/mol. The van der Waals surface area contributed by atoms with E-state index in [4.69, 9.17) is 5.73 Å². The summed E-state index contributed by atoms with van der Waals surface area (Å²) in [5.74, 6) is 0.679. The normalized spacial score (nSPS) is 18.5. The van der Waals surface area contributed by atoms with Gasteiger partial charge in [0.2, 0.25) is 0 Å². The van der Waals surface area contributed by atoms with Crippen LogP contribution >= 0.6 is 0 Å². The first-order valence-electron chi connectivity index (χ1n) is 4.45. The van der Waals surface area contributed by atoms with E-state index in [1.165, 1.54) is 6.07 Å². The van der Waals surface area contributed by atoms with Gasteiger partial charge in [0.15, 0.2) is 0 Å². The zero-order chi connectivity index (χ0) is 9.42. The number of phenolic OH excluding ortho intramolecular Hbond substituents is 2. The Kier molecular flexibility index (Phi) is 1.88. The molecule has 13 heavy (non-hydrogen) atoms. The summed E-state index contributed by atoms with van der Waals surface area (Å²) in [5.41, 5.74) is 6.74. The van der Waals surface area contributed by atoms with Gasteiger partial charge in [-0.2, -0.15) is 0 Å². The van der Waals surface area contributed by atoms with Crippen molar-refractivity contribution in [2.75, 3.05) is 0 Å². The van der Waals surface area contributed by atoms with Gasteiger partial charge in [0.05, 0.1) is 0 Å². The third-order valence-electron chi connectivity index (χ3n) is 2.44. The molecule has 4 N–H and O–H groups in total. The fourth-order valence-corrected chi connectivity index (χ4v) is 1.54. The number of benzene rings is 1. The minimum Gasteiger partial charge on any atom is -0.508 e. The van der Waals surface area contributed by atoms with Crippen LogP contribution in [0.1, 0.15) is 24.4 Å². The second kappa shape index (κ2) is 2.92. The van der Waals surface area contributed by atoms with Gasteiger partial charge >= 0.3 is 0 Å². The number of aromatic hydroxyl groups is 2. The van der Waals surface area contributed by atoms with Crippen LogP contribution in [0.4, 0.5) is 0 Å². The lowest BCUT2D eigenvalue weighted by Crippen LogP contribution is -2.11. The van der Waals surface area contributed by atoms with Crippen LogP contribution in [0.2, 0.25) is 0 Å². The molecule has 1 fully saturated rings. The number of nitrogens with two attached hydrogens (primary N) is 1. The standard InChI is InChI=1S/C10H13NO2/c11-10(6-1-2-6)7-3-8(12)5-9(13)4-7/h3-6,10,12-13H,1-2,11H2/t10-/m1/s1. The molecule has 0 aromatic heterocycles. The molecule has 1 atom stereocenters. The van der Waals surface area contributed by atoms with Crippen molar-refractivity contribution in [2.24, 2.45) is 11.7 Å². The van der Waals surface area contributed by atoms with Crippen LogP contribution in [0.25, 0.3) is 0 Å². The lowest BCUT2D eigenvalue weighted by Gasteiger charge is -2.11. The third-order valence-corrected chi connectivity index (χ3v) is 2.44. The third kappa shape index (κ3) is 1.75. The van der Waals surface area contributed by atoms with E-state index in [9.17, 15) is 10.2 Å². The molecule has 0 spiro atoms. The maximum absolute atomic E-state index is 9.23. The highest BCUT2D eigenvalue weighted by Gasteiger charge is 2.29. The van der Waals surface area contributed by atoms with Gasteiger partial charge in [-0.15, -0.1) is 0 Å². The molecule has 1 aromatic carbocycles. The second-order valence-electron chi connectivity index (χ2n) is 3.65. The maximum atomic E-state index is 9.23. The monoisotopic (exact) mass is 179 g/mol. The molecule has 70 valence electrons. The first-order chi connectivity index (χ1) is 6.16. The molecule has 1 aliphatic rings. The quantitative estimate of drug-likeness (QED) is 0.644. The molecule has 1 aliphatic carbocycles. The van der Waals surface area contributed by atoms with Gasteiger partial charge in [-0.1, -0.05) is 0 Å². The van der Waals surface area contributed by atoms with Crippen LogP contribution in [0.3, 0.4) is 0 Å². The summed E-state index contributed by atoms with van der Waals surface area (Å²) in [4.78, 5) is 0. The van der Waals surface area contributed by atoms with Crippen molar-refractivity contribution in [2.45, 2.75) is 18.9 Å². The summed E-state index contributed by atoms with van der Waals surface area (Å²) in [6, 6.07) is 4.49. The van der Waals surface area contributed by atoms with E-state index in [2.05, 4.69) is 0 Å². The SMILES string of the molecule is N[C@@H](c1cc(O)cc(O)c1)C1CC1. The van der Waals surface area contributed by atoms with Gasteiger partial charge in [-0.05, 0) is 36.5 Å². The van der Waals surface area contributed by atoms with Crippen molar-refractivity contribution in [1.82, 2.24) is 0 Å². The van der Waals surface area contributed by atoms with Gasteiger partial charge in [0.25, 0.3) is 0 Å². The Hall–Kier alpha value is -1.22. The largest absolute Gasteiger partial charge is 0.508 e. The van der Waals surface area contributed by atoms with Gasteiger partial charge in [0.1, 0.15) is 11.5 Å². The number of rotatable bonds is 2. The molecular weight excluding hydrogens is 166 g/mol. The van der Waals surface area contributed by atoms with Crippen molar-refractivity contribution >= 4 is 0 Å². The van der Waals surface area contributed by atoms with Crippen LogP contribution in [-0.4, -0.2) is 10.2 Å². The van der Waals surface area contributed by atoms with Crippen molar-refractivity contribution < 1.29 is 10.2 Å². The molecule has 0 amide bonds. The highest BCUT2D eigenvalue weighted by atomic mass is 16.3. The second-order valence-corrected chi connectivity index (χ2v) is 3.65. The molecule has 2 rings (SSSR count). The van der Waals surface area contributed by atoms with Crippen LogP contribution in [0, 0.1) is 5.92 Å². The first-order valence-corrected chi connectivity index (χ1v) is 4.45. The number of hydrogen-bond donors (Lipinski definition) is 3. The van der Waals surface area contributed by atoms with E-state index in [-0.39, 0.29) is 17.5 Å². The minimum absolute atomic E-state index is 0.0435. The molecule has 1 saturated carbocycles. The Morgan fingerprint density at radius 3 is 2.15 bits per heavy atom. The van der Waals surface area contributed by atoms with Crippen molar-refractivity contribution in [1.29, 1.82) is 0 Å². The average Bonchev–Trinajstić information content (AvgIpc) is 2.83. The summed E-state index contributed by atoms with van der Waals surface area (Å²) >= 11 is 0. The molecule has 0 bridgehead atoms. The van der Waals surface area contributed by atoms with E-state index in [1.54, 1.807) is 12.1 Å². The Labute approximate surface area is 76.8 Å². The van der Waals surface area contributed by atoms with E-state index in [0.29, 0.717) is 5.92 Å². The lowest BCUT2D eigenvalue weighted by molar-refractivity contribution is 0.447. The number of hydrogen-bond acceptors (Lipinski definition) is 3.